The zero-order valence-corrected chi connectivity index (χ0v) is 17.2. The Hall–Kier alpha value is -2.09. The second-order valence-corrected chi connectivity index (χ2v) is 13.3. The summed E-state index contributed by atoms with van der Waals surface area (Å²) in [4.78, 5) is 26.9. The number of methoxy groups -OCH3 is 1. The molecular formula is C19H27FN2O4Si. The van der Waals surface area contributed by atoms with Crippen molar-refractivity contribution in [2.75, 3.05) is 36.5 Å². The Morgan fingerprint density at radius 2 is 2.04 bits per heavy atom. The SMILES string of the molecule is COC(=O)CC[C@H]1CN(c2ccc(N3CC[Si](C)(C)CC3)c(F)c2)C(=O)O1. The number of anilines is 2. The molecule has 1 aromatic rings. The lowest BCUT2D eigenvalue weighted by Crippen LogP contribution is -2.43. The molecule has 1 aromatic carbocycles. The first-order valence-electron chi connectivity index (χ1n) is 9.38. The fourth-order valence-electron chi connectivity index (χ4n) is 3.54. The highest BCUT2D eigenvalue weighted by atomic mass is 28.3. The fraction of sp³-hybridized carbons (Fsp3) is 0.579. The number of rotatable bonds is 5. The number of hydrogen-bond donors (Lipinski definition) is 0. The Kier molecular flexibility index (Phi) is 5.74. The third-order valence-corrected chi connectivity index (χ3v) is 8.63. The minimum absolute atomic E-state index is 0.185. The molecule has 0 radical (unpaired) electrons. The Morgan fingerprint density at radius 3 is 2.67 bits per heavy atom. The molecule has 0 N–H and O–H groups in total. The largest absolute Gasteiger partial charge is 0.469 e. The van der Waals surface area contributed by atoms with Crippen molar-refractivity contribution in [1.29, 1.82) is 0 Å². The quantitative estimate of drug-likeness (QED) is 0.564. The lowest BCUT2D eigenvalue weighted by molar-refractivity contribution is -0.141. The Balaban J connectivity index is 1.65. The molecule has 0 saturated carbocycles. The van der Waals surface area contributed by atoms with E-state index in [4.69, 9.17) is 4.74 Å². The zero-order chi connectivity index (χ0) is 19.6. The van der Waals surface area contributed by atoms with Crippen molar-refractivity contribution in [3.8, 4) is 0 Å². The predicted octanol–water partition coefficient (Wildman–Crippen LogP) is 3.63. The van der Waals surface area contributed by atoms with Gasteiger partial charge in [-0.3, -0.25) is 9.69 Å². The smallest absolute Gasteiger partial charge is 0.414 e. The molecule has 2 heterocycles. The van der Waals surface area contributed by atoms with E-state index < -0.39 is 20.3 Å². The number of carbonyl (C=O) groups excluding carboxylic acids is 2. The normalized spacial score (nSPS) is 21.9. The molecule has 2 saturated heterocycles. The molecule has 148 valence electrons. The summed E-state index contributed by atoms with van der Waals surface area (Å²) in [5, 5.41) is 0. The van der Waals surface area contributed by atoms with E-state index >= 15 is 0 Å². The summed E-state index contributed by atoms with van der Waals surface area (Å²) in [6.07, 6.45) is -0.330. The summed E-state index contributed by atoms with van der Waals surface area (Å²) >= 11 is 0. The molecule has 0 spiro atoms. The van der Waals surface area contributed by atoms with Crippen molar-refractivity contribution in [1.82, 2.24) is 0 Å². The molecule has 0 unspecified atom stereocenters. The molecule has 2 fully saturated rings. The molecule has 2 aliphatic heterocycles. The van der Waals surface area contributed by atoms with Crippen LogP contribution in [0.5, 0.6) is 0 Å². The van der Waals surface area contributed by atoms with E-state index in [9.17, 15) is 14.0 Å². The van der Waals surface area contributed by atoms with Crippen molar-refractivity contribution in [3.05, 3.63) is 24.0 Å². The van der Waals surface area contributed by atoms with Crippen LogP contribution in [-0.2, 0) is 14.3 Å². The van der Waals surface area contributed by atoms with E-state index in [0.717, 1.165) is 25.2 Å². The van der Waals surface area contributed by atoms with E-state index in [0.29, 0.717) is 24.3 Å². The van der Waals surface area contributed by atoms with Gasteiger partial charge in [0.1, 0.15) is 11.9 Å². The van der Waals surface area contributed by atoms with Crippen molar-refractivity contribution >= 4 is 31.5 Å². The highest BCUT2D eigenvalue weighted by molar-refractivity contribution is 6.77. The number of ether oxygens (including phenoxy) is 2. The van der Waals surface area contributed by atoms with Gasteiger partial charge < -0.3 is 14.4 Å². The standard InChI is InChI=1S/C19H27FN2O4Si/c1-25-18(23)7-5-15-13-22(19(24)26-15)14-4-6-17(16(20)12-14)21-8-10-27(2,3)11-9-21/h4,6,12,15H,5,7-11,13H2,1-3H3/t15-/m0/s1. The fourth-order valence-corrected chi connectivity index (χ4v) is 5.54. The van der Waals surface area contributed by atoms with Gasteiger partial charge >= 0.3 is 12.1 Å². The van der Waals surface area contributed by atoms with Crippen LogP contribution in [0, 0.1) is 5.82 Å². The van der Waals surface area contributed by atoms with Crippen LogP contribution in [0.1, 0.15) is 12.8 Å². The highest BCUT2D eigenvalue weighted by Gasteiger charge is 2.33. The number of benzene rings is 1. The van der Waals surface area contributed by atoms with Gasteiger partial charge in [-0.15, -0.1) is 0 Å². The van der Waals surface area contributed by atoms with Gasteiger partial charge in [0.2, 0.25) is 0 Å². The minimum atomic E-state index is -1.12. The molecule has 2 aliphatic rings. The second kappa shape index (κ2) is 7.88. The summed E-state index contributed by atoms with van der Waals surface area (Å²) in [6, 6.07) is 7.23. The number of cyclic esters (lactones) is 1. The Labute approximate surface area is 160 Å². The first-order valence-corrected chi connectivity index (χ1v) is 12.8. The molecule has 3 rings (SSSR count). The first-order chi connectivity index (χ1) is 12.8. The predicted molar refractivity (Wildman–Crippen MR) is 105 cm³/mol. The van der Waals surface area contributed by atoms with Crippen LogP contribution >= 0.6 is 0 Å². The topological polar surface area (TPSA) is 59.1 Å². The van der Waals surface area contributed by atoms with Gasteiger partial charge in [-0.25, -0.2) is 9.18 Å². The Morgan fingerprint density at radius 1 is 1.33 bits per heavy atom. The summed E-state index contributed by atoms with van der Waals surface area (Å²) in [7, 11) is 0.208. The second-order valence-electron chi connectivity index (χ2n) is 8.02. The number of carbonyl (C=O) groups is 2. The van der Waals surface area contributed by atoms with Crippen molar-refractivity contribution in [2.45, 2.75) is 44.1 Å². The third-order valence-electron chi connectivity index (χ3n) is 5.47. The lowest BCUT2D eigenvalue weighted by Gasteiger charge is -2.37. The first kappa shape index (κ1) is 19.7. The maximum Gasteiger partial charge on any atom is 0.414 e. The average Bonchev–Trinajstić information content (AvgIpc) is 3.01. The van der Waals surface area contributed by atoms with Crippen LogP contribution in [0.2, 0.25) is 25.2 Å². The van der Waals surface area contributed by atoms with E-state index in [2.05, 4.69) is 22.7 Å². The van der Waals surface area contributed by atoms with E-state index in [1.807, 2.05) is 0 Å². The van der Waals surface area contributed by atoms with Gasteiger partial charge in [0, 0.05) is 19.5 Å². The molecule has 0 aliphatic carbocycles. The maximum absolute atomic E-state index is 14.7. The maximum atomic E-state index is 14.7. The van der Waals surface area contributed by atoms with Crippen molar-refractivity contribution in [2.24, 2.45) is 0 Å². The number of halogens is 1. The summed E-state index contributed by atoms with van der Waals surface area (Å²) < 4.78 is 24.6. The van der Waals surface area contributed by atoms with Gasteiger partial charge in [0.05, 0.1) is 33.1 Å². The van der Waals surface area contributed by atoms with Crippen LogP contribution in [0.4, 0.5) is 20.6 Å². The van der Waals surface area contributed by atoms with Crippen LogP contribution in [-0.4, -0.2) is 53.0 Å². The van der Waals surface area contributed by atoms with Crippen LogP contribution < -0.4 is 9.80 Å². The van der Waals surface area contributed by atoms with Crippen LogP contribution in [0.3, 0.4) is 0 Å². The molecular weight excluding hydrogens is 367 g/mol. The van der Waals surface area contributed by atoms with Gasteiger partial charge in [-0.2, -0.15) is 0 Å². The van der Waals surface area contributed by atoms with E-state index in [1.165, 1.54) is 18.1 Å². The van der Waals surface area contributed by atoms with Gasteiger partial charge in [-0.1, -0.05) is 13.1 Å². The number of amides is 1. The van der Waals surface area contributed by atoms with E-state index in [-0.39, 0.29) is 18.2 Å². The number of esters is 1. The third kappa shape index (κ3) is 4.61. The van der Waals surface area contributed by atoms with Crippen LogP contribution in [0.15, 0.2) is 18.2 Å². The molecule has 1 amide bonds. The molecule has 27 heavy (non-hydrogen) atoms. The van der Waals surface area contributed by atoms with Gasteiger partial charge in [0.25, 0.3) is 0 Å². The Bertz CT molecular complexity index is 718. The summed E-state index contributed by atoms with van der Waals surface area (Å²) in [5.41, 5.74) is 1.08. The zero-order valence-electron chi connectivity index (χ0n) is 16.2. The molecule has 6 nitrogen and oxygen atoms in total. The number of nitrogens with zero attached hydrogens (tertiary/aromatic N) is 2. The summed E-state index contributed by atoms with van der Waals surface area (Å²) in [6.45, 7) is 6.82. The van der Waals surface area contributed by atoms with Crippen molar-refractivity contribution < 1.29 is 23.5 Å². The molecule has 1 atom stereocenters. The molecule has 0 bridgehead atoms. The van der Waals surface area contributed by atoms with E-state index in [1.54, 1.807) is 12.1 Å². The van der Waals surface area contributed by atoms with Crippen molar-refractivity contribution in [3.63, 3.8) is 0 Å². The lowest BCUT2D eigenvalue weighted by atomic mass is 10.2. The average molecular weight is 395 g/mol. The summed E-state index contributed by atoms with van der Waals surface area (Å²) in [5.74, 6) is -0.660. The van der Waals surface area contributed by atoms with Gasteiger partial charge in [-0.05, 0) is 36.7 Å². The minimum Gasteiger partial charge on any atom is -0.469 e. The molecule has 8 heteroatoms. The van der Waals surface area contributed by atoms with Crippen LogP contribution in [0.25, 0.3) is 0 Å². The number of hydrogen-bond acceptors (Lipinski definition) is 5. The van der Waals surface area contributed by atoms with Gasteiger partial charge in [0.15, 0.2) is 0 Å². The monoisotopic (exact) mass is 394 g/mol. The molecule has 0 aromatic heterocycles. The highest BCUT2D eigenvalue weighted by Crippen LogP contribution is 2.32.